The molecule has 0 radical (unpaired) electrons. The van der Waals surface area contributed by atoms with Crippen LogP contribution in [0, 0.1) is 0 Å². The van der Waals surface area contributed by atoms with Crippen molar-refractivity contribution in [3.63, 3.8) is 0 Å². The molecule has 0 amide bonds. The zero-order valence-corrected chi connectivity index (χ0v) is 24.3. The molecule has 0 spiro atoms. The highest BCUT2D eigenvalue weighted by Gasteiger charge is 2.14. The first-order chi connectivity index (χ1) is 17.1. The van der Waals surface area contributed by atoms with Crippen LogP contribution in [-0.2, 0) is 23.7 Å². The maximum Gasteiger partial charge on any atom is 0.00672 e. The van der Waals surface area contributed by atoms with Crippen LogP contribution in [0.3, 0.4) is 0 Å². The summed E-state index contributed by atoms with van der Waals surface area (Å²) in [7, 11) is 0. The maximum atomic E-state index is 5.59. The van der Waals surface area contributed by atoms with Crippen LogP contribution >= 0.6 is 0 Å². The van der Waals surface area contributed by atoms with Crippen molar-refractivity contribution in [2.45, 2.75) is 110 Å². The smallest absolute Gasteiger partial charge is 0.00672 e. The number of hydrogen-bond acceptors (Lipinski definition) is 3. The Morgan fingerprint density at radius 3 is 1.47 bits per heavy atom. The van der Waals surface area contributed by atoms with Crippen molar-refractivity contribution < 1.29 is 0 Å². The van der Waals surface area contributed by atoms with Crippen molar-refractivity contribution in [1.29, 1.82) is 0 Å². The van der Waals surface area contributed by atoms with Gasteiger partial charge in [0, 0.05) is 6.04 Å². The minimum Gasteiger partial charge on any atom is -0.330 e. The number of nitrogens with one attached hydrogen (secondary N) is 2. The molecule has 0 aliphatic carbocycles. The number of aryl methyl sites for hydroxylation is 2. The van der Waals surface area contributed by atoms with Gasteiger partial charge in [-0.05, 0) is 111 Å². The molecule has 2 rings (SSSR count). The highest BCUT2D eigenvalue weighted by atomic mass is 14.9. The molecule has 3 heteroatoms. The molecule has 0 unspecified atom stereocenters. The average Bonchev–Trinajstić information content (AvgIpc) is 2.82. The van der Waals surface area contributed by atoms with E-state index in [0.29, 0.717) is 6.04 Å². The Morgan fingerprint density at radius 2 is 1.06 bits per heavy atom. The monoisotopic (exact) mass is 493 g/mol. The van der Waals surface area contributed by atoms with Crippen molar-refractivity contribution in [3.05, 3.63) is 70.8 Å². The van der Waals surface area contributed by atoms with Gasteiger partial charge in [-0.3, -0.25) is 0 Å². The third-order valence-corrected chi connectivity index (χ3v) is 7.20. The molecule has 4 N–H and O–H groups in total. The fraction of sp³-hybridized carbons (Fsp3) is 0.636. The molecule has 0 fully saturated rings. The molecular formula is C33H55N3. The normalized spacial score (nSPS) is 12.4. The van der Waals surface area contributed by atoms with E-state index in [1.807, 2.05) is 0 Å². The summed E-state index contributed by atoms with van der Waals surface area (Å²) in [5.41, 5.74) is 11.8. The highest BCUT2D eigenvalue weighted by Crippen LogP contribution is 2.24. The summed E-state index contributed by atoms with van der Waals surface area (Å²) < 4.78 is 0. The zero-order valence-electron chi connectivity index (χ0n) is 24.3. The van der Waals surface area contributed by atoms with E-state index in [9.17, 15) is 0 Å². The van der Waals surface area contributed by atoms with Crippen LogP contribution < -0.4 is 16.4 Å². The molecule has 0 heterocycles. The van der Waals surface area contributed by atoms with E-state index in [1.165, 1.54) is 54.4 Å². The second-order valence-corrected chi connectivity index (χ2v) is 12.6. The fourth-order valence-electron chi connectivity index (χ4n) is 4.67. The quantitative estimate of drug-likeness (QED) is 0.223. The minimum absolute atomic E-state index is 0.222. The molecule has 3 nitrogen and oxygen atoms in total. The van der Waals surface area contributed by atoms with E-state index in [1.54, 1.807) is 0 Å². The molecule has 36 heavy (non-hydrogen) atoms. The van der Waals surface area contributed by atoms with Gasteiger partial charge in [-0.1, -0.05) is 90.1 Å². The van der Waals surface area contributed by atoms with Crippen LogP contribution in [0.15, 0.2) is 48.5 Å². The van der Waals surface area contributed by atoms with Crippen LogP contribution in [0.4, 0.5) is 0 Å². The number of nitrogens with two attached hydrogens (primary N) is 1. The Bertz CT molecular complexity index is 762. The summed E-state index contributed by atoms with van der Waals surface area (Å²) in [6.07, 6.45) is 9.51. The summed E-state index contributed by atoms with van der Waals surface area (Å²) >= 11 is 0. The van der Waals surface area contributed by atoms with Crippen molar-refractivity contribution >= 4 is 0 Å². The molecule has 0 aliphatic rings. The van der Waals surface area contributed by atoms with Gasteiger partial charge in [0.05, 0.1) is 0 Å². The van der Waals surface area contributed by atoms with Gasteiger partial charge >= 0.3 is 0 Å². The average molecular weight is 494 g/mol. The molecule has 0 saturated heterocycles. The predicted octanol–water partition coefficient (Wildman–Crippen LogP) is 6.91. The first-order valence-corrected chi connectivity index (χ1v) is 14.4. The Balaban J connectivity index is 1.81. The van der Waals surface area contributed by atoms with Crippen molar-refractivity contribution in [1.82, 2.24) is 10.6 Å². The van der Waals surface area contributed by atoms with Gasteiger partial charge in [-0.25, -0.2) is 0 Å². The zero-order chi connectivity index (χ0) is 26.4. The molecule has 2 aromatic rings. The van der Waals surface area contributed by atoms with Gasteiger partial charge in [0.15, 0.2) is 0 Å². The van der Waals surface area contributed by atoms with E-state index in [0.717, 1.165) is 45.4 Å². The number of hydrogen-bond donors (Lipinski definition) is 3. The van der Waals surface area contributed by atoms with E-state index < -0.39 is 0 Å². The largest absolute Gasteiger partial charge is 0.330 e. The summed E-state index contributed by atoms with van der Waals surface area (Å²) in [5, 5.41) is 7.38. The second-order valence-electron chi connectivity index (χ2n) is 12.6. The summed E-state index contributed by atoms with van der Waals surface area (Å²) in [5.74, 6) is 0. The lowest BCUT2D eigenvalue weighted by Crippen LogP contribution is -2.32. The van der Waals surface area contributed by atoms with Gasteiger partial charge in [0.2, 0.25) is 0 Å². The summed E-state index contributed by atoms with van der Waals surface area (Å²) in [6, 6.07) is 19.2. The topological polar surface area (TPSA) is 50.1 Å². The van der Waals surface area contributed by atoms with Gasteiger partial charge in [-0.15, -0.1) is 0 Å². The Hall–Kier alpha value is -1.68. The molecule has 0 saturated carbocycles. The third kappa shape index (κ3) is 12.0. The molecule has 2 aromatic carbocycles. The number of rotatable bonds is 16. The van der Waals surface area contributed by atoms with Crippen molar-refractivity contribution in [2.75, 3.05) is 26.2 Å². The molecule has 0 aliphatic heterocycles. The first kappa shape index (κ1) is 30.5. The third-order valence-electron chi connectivity index (χ3n) is 7.20. The molecule has 202 valence electrons. The predicted molar refractivity (Wildman–Crippen MR) is 159 cm³/mol. The lowest BCUT2D eigenvalue weighted by atomic mass is 9.86. The summed E-state index contributed by atoms with van der Waals surface area (Å²) in [6.45, 7) is 17.6. The highest BCUT2D eigenvalue weighted by molar-refractivity contribution is 5.28. The van der Waals surface area contributed by atoms with Crippen molar-refractivity contribution in [2.24, 2.45) is 5.73 Å². The van der Waals surface area contributed by atoms with E-state index in [4.69, 9.17) is 5.73 Å². The molecular weight excluding hydrogens is 438 g/mol. The Labute approximate surface area is 223 Å². The van der Waals surface area contributed by atoms with Crippen LogP contribution in [0.25, 0.3) is 0 Å². The standard InChI is InChI=1S/C33H55N3/c1-32(2,3)29-19-15-27(16-20-29)11-7-13-31(36-26-10-25-35-24-9-23-34)14-8-12-28-17-21-30(22-18-28)33(4,5)6/h15-22,31,35-36H,7-14,23-26,34H2,1-6H3. The Morgan fingerprint density at radius 1 is 0.611 bits per heavy atom. The van der Waals surface area contributed by atoms with E-state index in [-0.39, 0.29) is 10.8 Å². The minimum atomic E-state index is 0.222. The van der Waals surface area contributed by atoms with Crippen LogP contribution in [0.2, 0.25) is 0 Å². The number of benzene rings is 2. The van der Waals surface area contributed by atoms with Crippen LogP contribution in [0.1, 0.15) is 102 Å². The van der Waals surface area contributed by atoms with Crippen LogP contribution in [-0.4, -0.2) is 32.2 Å². The molecule has 0 aromatic heterocycles. The van der Waals surface area contributed by atoms with E-state index >= 15 is 0 Å². The lowest BCUT2D eigenvalue weighted by Gasteiger charge is -2.21. The Kier molecular flexibility index (Phi) is 13.2. The van der Waals surface area contributed by atoms with E-state index in [2.05, 4.69) is 101 Å². The van der Waals surface area contributed by atoms with Gasteiger partial charge in [0.1, 0.15) is 0 Å². The lowest BCUT2D eigenvalue weighted by molar-refractivity contribution is 0.424. The van der Waals surface area contributed by atoms with Crippen LogP contribution in [0.5, 0.6) is 0 Å². The second kappa shape index (κ2) is 15.5. The van der Waals surface area contributed by atoms with Crippen molar-refractivity contribution in [3.8, 4) is 0 Å². The fourth-order valence-corrected chi connectivity index (χ4v) is 4.67. The van der Waals surface area contributed by atoms with Gasteiger partial charge in [0.25, 0.3) is 0 Å². The molecule has 0 bridgehead atoms. The first-order valence-electron chi connectivity index (χ1n) is 14.4. The van der Waals surface area contributed by atoms with Gasteiger partial charge < -0.3 is 16.4 Å². The van der Waals surface area contributed by atoms with Gasteiger partial charge in [-0.2, -0.15) is 0 Å². The summed E-state index contributed by atoms with van der Waals surface area (Å²) in [4.78, 5) is 0. The maximum absolute atomic E-state index is 5.59. The molecule has 0 atom stereocenters. The SMILES string of the molecule is CC(C)(C)c1ccc(CCCC(CCCc2ccc(C(C)(C)C)cc2)NCCCNCCCN)cc1.